The van der Waals surface area contributed by atoms with Crippen molar-refractivity contribution < 1.29 is 9.18 Å². The third-order valence-electron chi connectivity index (χ3n) is 1.99. The molecule has 2 amide bonds. The van der Waals surface area contributed by atoms with Gasteiger partial charge in [0.2, 0.25) is 0 Å². The van der Waals surface area contributed by atoms with Gasteiger partial charge in [-0.1, -0.05) is 6.07 Å². The second-order valence-electron chi connectivity index (χ2n) is 3.52. The molecule has 0 saturated carbocycles. The lowest BCUT2D eigenvalue weighted by molar-refractivity contribution is 0.252. The van der Waals surface area contributed by atoms with E-state index in [1.807, 2.05) is 0 Å². The fourth-order valence-corrected chi connectivity index (χ4v) is 1.22. The summed E-state index contributed by atoms with van der Waals surface area (Å²) in [6.07, 6.45) is 1.05. The van der Waals surface area contributed by atoms with Crippen molar-refractivity contribution in [3.05, 3.63) is 30.1 Å². The van der Waals surface area contributed by atoms with Gasteiger partial charge in [0.15, 0.2) is 0 Å². The van der Waals surface area contributed by atoms with Crippen LogP contribution < -0.4 is 16.4 Å². The number of urea groups is 1. The molecule has 0 aliphatic rings. The van der Waals surface area contributed by atoms with Crippen LogP contribution in [0.25, 0.3) is 0 Å². The van der Waals surface area contributed by atoms with E-state index in [4.69, 9.17) is 11.1 Å². The van der Waals surface area contributed by atoms with Crippen LogP contribution in [0, 0.1) is 11.2 Å². The monoisotopic (exact) mass is 238 g/mol. The Morgan fingerprint density at radius 3 is 2.88 bits per heavy atom. The molecule has 0 unspecified atom stereocenters. The van der Waals surface area contributed by atoms with E-state index in [9.17, 15) is 9.18 Å². The van der Waals surface area contributed by atoms with Crippen molar-refractivity contribution in [2.75, 3.05) is 11.9 Å². The lowest BCUT2D eigenvalue weighted by Crippen LogP contribution is -2.30. The van der Waals surface area contributed by atoms with Gasteiger partial charge in [-0.15, -0.1) is 0 Å². The molecule has 1 aromatic carbocycles. The van der Waals surface area contributed by atoms with E-state index in [0.717, 1.165) is 0 Å². The first-order chi connectivity index (χ1) is 8.08. The second kappa shape index (κ2) is 6.47. The average molecular weight is 238 g/mol. The van der Waals surface area contributed by atoms with Crippen molar-refractivity contribution >= 4 is 17.6 Å². The van der Waals surface area contributed by atoms with Gasteiger partial charge in [-0.2, -0.15) is 0 Å². The van der Waals surface area contributed by atoms with Gasteiger partial charge in [0.05, 0.1) is 5.84 Å². The SMILES string of the molecule is N=C(N)CCCNC(=O)Nc1cccc(F)c1. The largest absolute Gasteiger partial charge is 0.388 e. The van der Waals surface area contributed by atoms with Gasteiger partial charge in [-0.05, 0) is 24.6 Å². The first-order valence-corrected chi connectivity index (χ1v) is 5.21. The number of rotatable bonds is 5. The minimum absolute atomic E-state index is 0.0948. The number of carbonyl (C=O) groups is 1. The summed E-state index contributed by atoms with van der Waals surface area (Å²) in [5, 5.41) is 12.1. The van der Waals surface area contributed by atoms with Crippen LogP contribution in [0.5, 0.6) is 0 Å². The zero-order valence-corrected chi connectivity index (χ0v) is 9.29. The quantitative estimate of drug-likeness (QED) is 0.357. The fraction of sp³-hybridized carbons (Fsp3) is 0.273. The van der Waals surface area contributed by atoms with Crippen molar-refractivity contribution in [3.8, 4) is 0 Å². The summed E-state index contributed by atoms with van der Waals surface area (Å²) in [5.41, 5.74) is 5.56. The Kier molecular flexibility index (Phi) is 4.93. The number of hydrogen-bond donors (Lipinski definition) is 4. The Morgan fingerprint density at radius 1 is 1.47 bits per heavy atom. The third-order valence-corrected chi connectivity index (χ3v) is 1.99. The Bertz CT molecular complexity index is 408. The standard InChI is InChI=1S/C11H15FN4O/c12-8-3-1-4-9(7-8)16-11(17)15-6-2-5-10(13)14/h1,3-4,7H,2,5-6H2,(H3,13,14)(H2,15,16,17). The van der Waals surface area contributed by atoms with Gasteiger partial charge in [0.25, 0.3) is 0 Å². The molecular formula is C11H15FN4O. The van der Waals surface area contributed by atoms with E-state index in [-0.39, 0.29) is 5.84 Å². The number of carbonyl (C=O) groups excluding carboxylic acids is 1. The zero-order valence-electron chi connectivity index (χ0n) is 9.29. The summed E-state index contributed by atoms with van der Waals surface area (Å²) in [7, 11) is 0. The van der Waals surface area contributed by atoms with Gasteiger partial charge in [0.1, 0.15) is 5.82 Å². The molecule has 1 aromatic rings. The summed E-state index contributed by atoms with van der Waals surface area (Å²) in [4.78, 5) is 11.3. The summed E-state index contributed by atoms with van der Waals surface area (Å²) < 4.78 is 12.8. The lowest BCUT2D eigenvalue weighted by Gasteiger charge is -2.07. The first-order valence-electron chi connectivity index (χ1n) is 5.21. The van der Waals surface area contributed by atoms with Crippen LogP contribution in [0.2, 0.25) is 0 Å². The van der Waals surface area contributed by atoms with Crippen LogP contribution in [-0.4, -0.2) is 18.4 Å². The van der Waals surface area contributed by atoms with Crippen molar-refractivity contribution in [1.29, 1.82) is 5.41 Å². The second-order valence-corrected chi connectivity index (χ2v) is 3.52. The minimum atomic E-state index is -0.404. The first kappa shape index (κ1) is 13.0. The van der Waals surface area contributed by atoms with Crippen LogP contribution in [0.15, 0.2) is 24.3 Å². The molecule has 0 aromatic heterocycles. The maximum Gasteiger partial charge on any atom is 0.319 e. The molecule has 92 valence electrons. The van der Waals surface area contributed by atoms with Crippen LogP contribution in [0.1, 0.15) is 12.8 Å². The average Bonchev–Trinajstić information content (AvgIpc) is 2.24. The van der Waals surface area contributed by atoms with E-state index in [1.54, 1.807) is 6.07 Å². The van der Waals surface area contributed by atoms with E-state index >= 15 is 0 Å². The van der Waals surface area contributed by atoms with Crippen LogP contribution >= 0.6 is 0 Å². The topological polar surface area (TPSA) is 91.0 Å². The maximum absolute atomic E-state index is 12.8. The van der Waals surface area contributed by atoms with Crippen LogP contribution in [0.3, 0.4) is 0 Å². The molecule has 0 aliphatic carbocycles. The summed E-state index contributed by atoms with van der Waals surface area (Å²) in [6.45, 7) is 0.417. The molecule has 0 heterocycles. The van der Waals surface area contributed by atoms with Crippen LogP contribution in [-0.2, 0) is 0 Å². The number of halogens is 1. The molecule has 1 rings (SSSR count). The molecule has 5 nitrogen and oxygen atoms in total. The van der Waals surface area contributed by atoms with Crippen molar-refractivity contribution in [1.82, 2.24) is 5.32 Å². The van der Waals surface area contributed by atoms with E-state index in [0.29, 0.717) is 25.1 Å². The number of hydrogen-bond acceptors (Lipinski definition) is 2. The number of nitrogens with one attached hydrogen (secondary N) is 3. The predicted octanol–water partition coefficient (Wildman–Crippen LogP) is 1.66. The molecule has 5 N–H and O–H groups in total. The number of amides is 2. The van der Waals surface area contributed by atoms with E-state index < -0.39 is 11.8 Å². The zero-order chi connectivity index (χ0) is 12.7. The third kappa shape index (κ3) is 5.50. The Morgan fingerprint density at radius 2 is 2.24 bits per heavy atom. The molecule has 0 bridgehead atoms. The normalized spacial score (nSPS) is 9.71. The highest BCUT2D eigenvalue weighted by Crippen LogP contribution is 2.08. The highest BCUT2D eigenvalue weighted by atomic mass is 19.1. The van der Waals surface area contributed by atoms with Gasteiger partial charge < -0.3 is 16.4 Å². The van der Waals surface area contributed by atoms with Crippen molar-refractivity contribution in [2.24, 2.45) is 5.73 Å². The smallest absolute Gasteiger partial charge is 0.319 e. The van der Waals surface area contributed by atoms with E-state index in [2.05, 4.69) is 10.6 Å². The molecule has 0 spiro atoms. The van der Waals surface area contributed by atoms with Gasteiger partial charge in [-0.3, -0.25) is 5.41 Å². The number of amidine groups is 1. The number of benzene rings is 1. The van der Waals surface area contributed by atoms with Gasteiger partial charge in [-0.25, -0.2) is 9.18 Å². The number of nitrogens with two attached hydrogens (primary N) is 1. The minimum Gasteiger partial charge on any atom is -0.388 e. The Balaban J connectivity index is 2.27. The molecular weight excluding hydrogens is 223 g/mol. The molecule has 0 aliphatic heterocycles. The van der Waals surface area contributed by atoms with E-state index in [1.165, 1.54) is 18.2 Å². The highest BCUT2D eigenvalue weighted by Gasteiger charge is 2.01. The molecule has 0 atom stereocenters. The van der Waals surface area contributed by atoms with Gasteiger partial charge >= 0.3 is 6.03 Å². The molecule has 0 saturated heterocycles. The Labute approximate surface area is 98.7 Å². The fourth-order valence-electron chi connectivity index (χ4n) is 1.22. The van der Waals surface area contributed by atoms with Crippen molar-refractivity contribution in [2.45, 2.75) is 12.8 Å². The lowest BCUT2D eigenvalue weighted by atomic mass is 10.3. The van der Waals surface area contributed by atoms with Gasteiger partial charge in [0, 0.05) is 18.7 Å². The highest BCUT2D eigenvalue weighted by molar-refractivity contribution is 5.89. The maximum atomic E-state index is 12.8. The summed E-state index contributed by atoms with van der Waals surface area (Å²) >= 11 is 0. The molecule has 0 fully saturated rings. The molecule has 6 heteroatoms. The Hall–Kier alpha value is -2.11. The summed E-state index contributed by atoms with van der Waals surface area (Å²) in [6, 6.07) is 5.24. The molecule has 17 heavy (non-hydrogen) atoms. The molecule has 0 radical (unpaired) electrons. The number of anilines is 1. The van der Waals surface area contributed by atoms with Crippen molar-refractivity contribution in [3.63, 3.8) is 0 Å². The van der Waals surface area contributed by atoms with Crippen LogP contribution in [0.4, 0.5) is 14.9 Å². The predicted molar refractivity (Wildman–Crippen MR) is 64.6 cm³/mol. The summed E-state index contributed by atoms with van der Waals surface area (Å²) in [5.74, 6) is -0.309.